The molecule has 1 aliphatic heterocycles. The molecule has 1 aliphatic rings. The fourth-order valence-electron chi connectivity index (χ4n) is 1.32. The smallest absolute Gasteiger partial charge is 0.353 e. The molecule has 0 radical (unpaired) electrons. The minimum atomic E-state index is -4.64. The van der Waals surface area contributed by atoms with E-state index >= 15 is 0 Å². The predicted molar refractivity (Wildman–Crippen MR) is 45.5 cm³/mol. The van der Waals surface area contributed by atoms with E-state index < -0.39 is 24.2 Å². The van der Waals surface area contributed by atoms with Crippen LogP contribution in [0.15, 0.2) is 30.3 Å². The van der Waals surface area contributed by atoms with E-state index in [1.807, 2.05) is 0 Å². The largest absolute Gasteiger partial charge is 0.427 e. The Morgan fingerprint density at radius 1 is 1.27 bits per heavy atom. The maximum atomic E-state index is 12.5. The van der Waals surface area contributed by atoms with Crippen LogP contribution < -0.4 is 0 Å². The van der Waals surface area contributed by atoms with Crippen molar-refractivity contribution < 1.29 is 22.7 Å². The standard InChI is InChI=1S/C10H7F3O2/c11-10(12,13)9(6-15-9)8(14)7-4-2-1-3-5-7/h1-5H,6H2. The molecule has 1 heterocycles. The van der Waals surface area contributed by atoms with E-state index in [2.05, 4.69) is 4.74 Å². The van der Waals surface area contributed by atoms with Crippen LogP contribution in [0.1, 0.15) is 10.4 Å². The van der Waals surface area contributed by atoms with Crippen molar-refractivity contribution in [3.63, 3.8) is 0 Å². The number of halogens is 3. The average Bonchev–Trinajstić information content (AvgIpc) is 2.98. The summed E-state index contributed by atoms with van der Waals surface area (Å²) >= 11 is 0. The van der Waals surface area contributed by atoms with Crippen LogP contribution in [0.25, 0.3) is 0 Å². The second-order valence-corrected chi connectivity index (χ2v) is 3.31. The van der Waals surface area contributed by atoms with Gasteiger partial charge in [-0.15, -0.1) is 0 Å². The van der Waals surface area contributed by atoms with E-state index in [4.69, 9.17) is 0 Å². The monoisotopic (exact) mass is 216 g/mol. The van der Waals surface area contributed by atoms with Crippen molar-refractivity contribution in [1.29, 1.82) is 0 Å². The number of carbonyl (C=O) groups is 1. The van der Waals surface area contributed by atoms with Crippen molar-refractivity contribution in [2.75, 3.05) is 6.61 Å². The van der Waals surface area contributed by atoms with Crippen molar-refractivity contribution in [2.45, 2.75) is 11.8 Å². The zero-order valence-electron chi connectivity index (χ0n) is 7.54. The van der Waals surface area contributed by atoms with Gasteiger partial charge in [0.25, 0.3) is 0 Å². The molecule has 80 valence electrons. The second-order valence-electron chi connectivity index (χ2n) is 3.31. The van der Waals surface area contributed by atoms with Gasteiger partial charge in [0.1, 0.15) is 0 Å². The lowest BCUT2D eigenvalue weighted by Crippen LogP contribution is -2.40. The highest BCUT2D eigenvalue weighted by atomic mass is 19.4. The van der Waals surface area contributed by atoms with Gasteiger partial charge in [0, 0.05) is 5.56 Å². The Bertz CT molecular complexity index is 379. The highest BCUT2D eigenvalue weighted by Gasteiger charge is 2.71. The Hall–Kier alpha value is -1.36. The molecular formula is C10H7F3O2. The van der Waals surface area contributed by atoms with Crippen LogP contribution in [0.5, 0.6) is 0 Å². The lowest BCUT2D eigenvalue weighted by atomic mass is 9.98. The van der Waals surface area contributed by atoms with Crippen LogP contribution in [-0.2, 0) is 4.74 Å². The van der Waals surface area contributed by atoms with Crippen molar-refractivity contribution in [1.82, 2.24) is 0 Å². The molecule has 0 aliphatic carbocycles. The molecule has 1 atom stereocenters. The maximum absolute atomic E-state index is 12.5. The molecule has 0 bridgehead atoms. The van der Waals surface area contributed by atoms with Crippen LogP contribution in [-0.4, -0.2) is 24.2 Å². The van der Waals surface area contributed by atoms with Gasteiger partial charge in [0.05, 0.1) is 6.61 Å². The summed E-state index contributed by atoms with van der Waals surface area (Å²) in [6, 6.07) is 7.35. The first kappa shape index (κ1) is 10.2. The fraction of sp³-hybridized carbons (Fsp3) is 0.300. The maximum Gasteiger partial charge on any atom is 0.427 e. The number of epoxide rings is 1. The van der Waals surface area contributed by atoms with Crippen LogP contribution >= 0.6 is 0 Å². The summed E-state index contributed by atoms with van der Waals surface area (Å²) in [5.74, 6) is -1.02. The Morgan fingerprint density at radius 2 is 1.80 bits per heavy atom. The minimum absolute atomic E-state index is 0.0207. The number of hydrogen-bond acceptors (Lipinski definition) is 2. The molecule has 0 saturated carbocycles. The molecule has 1 unspecified atom stereocenters. The van der Waals surface area contributed by atoms with Gasteiger partial charge in [-0.2, -0.15) is 13.2 Å². The first-order valence-electron chi connectivity index (χ1n) is 4.28. The van der Waals surface area contributed by atoms with Crippen LogP contribution in [0.3, 0.4) is 0 Å². The van der Waals surface area contributed by atoms with E-state index in [1.54, 1.807) is 6.07 Å². The third-order valence-electron chi connectivity index (χ3n) is 2.29. The molecule has 1 saturated heterocycles. The van der Waals surface area contributed by atoms with E-state index in [0.717, 1.165) is 0 Å². The van der Waals surface area contributed by atoms with Crippen molar-refractivity contribution in [3.05, 3.63) is 35.9 Å². The summed E-state index contributed by atoms with van der Waals surface area (Å²) in [7, 11) is 0. The molecule has 0 N–H and O–H groups in total. The summed E-state index contributed by atoms with van der Waals surface area (Å²) in [4.78, 5) is 11.5. The fourth-order valence-corrected chi connectivity index (χ4v) is 1.32. The normalized spacial score (nSPS) is 25.0. The van der Waals surface area contributed by atoms with Gasteiger partial charge >= 0.3 is 6.18 Å². The van der Waals surface area contributed by atoms with Crippen LogP contribution in [0, 0.1) is 0 Å². The summed E-state index contributed by atoms with van der Waals surface area (Å²) in [5, 5.41) is 0. The zero-order valence-corrected chi connectivity index (χ0v) is 7.54. The van der Waals surface area contributed by atoms with E-state index in [-0.39, 0.29) is 5.56 Å². The number of ketones is 1. The average molecular weight is 216 g/mol. The van der Waals surface area contributed by atoms with Gasteiger partial charge in [-0.3, -0.25) is 4.79 Å². The third-order valence-corrected chi connectivity index (χ3v) is 2.29. The van der Waals surface area contributed by atoms with Gasteiger partial charge in [-0.1, -0.05) is 30.3 Å². The van der Waals surface area contributed by atoms with Crippen LogP contribution in [0.4, 0.5) is 13.2 Å². The van der Waals surface area contributed by atoms with Gasteiger partial charge in [0.15, 0.2) is 0 Å². The number of benzene rings is 1. The lowest BCUT2D eigenvalue weighted by Gasteiger charge is -2.14. The number of alkyl halides is 3. The molecule has 1 fully saturated rings. The van der Waals surface area contributed by atoms with Gasteiger partial charge in [-0.25, -0.2) is 0 Å². The quantitative estimate of drug-likeness (QED) is 0.560. The zero-order chi connectivity index (χ0) is 11.1. The van der Waals surface area contributed by atoms with Gasteiger partial charge < -0.3 is 4.74 Å². The van der Waals surface area contributed by atoms with Crippen molar-refractivity contribution >= 4 is 5.78 Å². The highest BCUT2D eigenvalue weighted by Crippen LogP contribution is 2.45. The summed E-state index contributed by atoms with van der Waals surface area (Å²) in [6.45, 7) is -0.579. The molecule has 2 nitrogen and oxygen atoms in total. The van der Waals surface area contributed by atoms with E-state index in [1.165, 1.54) is 24.3 Å². The van der Waals surface area contributed by atoms with Gasteiger partial charge in [0.2, 0.25) is 11.4 Å². The molecule has 2 rings (SSSR count). The Morgan fingerprint density at radius 3 is 2.20 bits per heavy atom. The Labute approximate surface area is 83.7 Å². The Kier molecular flexibility index (Phi) is 2.08. The molecule has 0 aromatic heterocycles. The second kappa shape index (κ2) is 3.06. The van der Waals surface area contributed by atoms with Crippen molar-refractivity contribution in [3.8, 4) is 0 Å². The molecule has 0 spiro atoms. The SMILES string of the molecule is O=C(c1ccccc1)C1(C(F)(F)F)CO1. The lowest BCUT2D eigenvalue weighted by molar-refractivity contribution is -0.168. The minimum Gasteiger partial charge on any atom is -0.353 e. The number of ether oxygens (including phenoxy) is 1. The molecule has 1 aromatic carbocycles. The van der Waals surface area contributed by atoms with E-state index in [9.17, 15) is 18.0 Å². The molecule has 15 heavy (non-hydrogen) atoms. The third kappa shape index (κ3) is 1.52. The predicted octanol–water partition coefficient (Wildman–Crippen LogP) is 2.20. The number of rotatable bonds is 2. The van der Waals surface area contributed by atoms with Crippen LogP contribution in [0.2, 0.25) is 0 Å². The molecule has 5 heteroatoms. The summed E-state index contributed by atoms with van der Waals surface area (Å²) in [6.07, 6.45) is -4.64. The van der Waals surface area contributed by atoms with Crippen molar-refractivity contribution in [2.24, 2.45) is 0 Å². The number of hydrogen-bond donors (Lipinski definition) is 0. The van der Waals surface area contributed by atoms with Gasteiger partial charge in [-0.05, 0) is 0 Å². The van der Waals surface area contributed by atoms with E-state index in [0.29, 0.717) is 0 Å². The molecule has 1 aromatic rings. The summed E-state index contributed by atoms with van der Waals surface area (Å²) in [5.41, 5.74) is -2.57. The highest BCUT2D eigenvalue weighted by molar-refractivity contribution is 6.04. The molecular weight excluding hydrogens is 209 g/mol. The molecule has 0 amide bonds. The number of Topliss-reactive ketones (excluding diaryl/α,β-unsaturated/α-hetero) is 1. The number of carbonyl (C=O) groups excluding carboxylic acids is 1. The Balaban J connectivity index is 2.31. The first-order valence-corrected chi connectivity index (χ1v) is 4.28. The summed E-state index contributed by atoms with van der Waals surface area (Å²) < 4.78 is 41.8. The topological polar surface area (TPSA) is 29.6 Å². The first-order chi connectivity index (χ1) is 6.97.